The first kappa shape index (κ1) is 11.7. The number of allylic oxidation sites excluding steroid dienone is 6. The maximum Gasteiger partial charge on any atom is 0.0912 e. The number of hydrogen-bond acceptors (Lipinski definition) is 1. The van der Waals surface area contributed by atoms with Crippen LogP contribution >= 0.6 is 0 Å². The summed E-state index contributed by atoms with van der Waals surface area (Å²) < 4.78 is 0. The third-order valence-electron chi connectivity index (χ3n) is 1.93. The molecule has 0 fully saturated rings. The van der Waals surface area contributed by atoms with Gasteiger partial charge in [-0.15, -0.1) is 0 Å². The lowest BCUT2D eigenvalue weighted by Crippen LogP contribution is -1.72. The second kappa shape index (κ2) is 7.03. The normalized spacial score (nSPS) is 11.8. The molecule has 0 bridgehead atoms. The third kappa shape index (κ3) is 4.26. The van der Waals surface area contributed by atoms with Gasteiger partial charge in [-0.25, -0.2) is 0 Å². The fraction of sp³-hybridized carbons (Fsp3) is 0. The SMILES string of the molecule is C=CC=C(C=CC#N)C=Cc1ccccc1. The average Bonchev–Trinajstić information content (AvgIpc) is 2.34. The molecule has 0 saturated heterocycles. The molecule has 0 N–H and O–H groups in total. The number of benzene rings is 1. The Morgan fingerprint density at radius 1 is 1.19 bits per heavy atom. The Morgan fingerprint density at radius 3 is 2.56 bits per heavy atom. The zero-order valence-electron chi connectivity index (χ0n) is 9.01. The highest BCUT2D eigenvalue weighted by Gasteiger charge is 1.85. The molecule has 0 unspecified atom stereocenters. The average molecular weight is 207 g/mol. The van der Waals surface area contributed by atoms with Crippen molar-refractivity contribution in [2.45, 2.75) is 0 Å². The third-order valence-corrected chi connectivity index (χ3v) is 1.93. The summed E-state index contributed by atoms with van der Waals surface area (Å²) >= 11 is 0. The van der Waals surface area contributed by atoms with E-state index in [1.54, 1.807) is 12.2 Å². The highest BCUT2D eigenvalue weighted by molar-refractivity contribution is 5.55. The van der Waals surface area contributed by atoms with Gasteiger partial charge in [0.15, 0.2) is 0 Å². The van der Waals surface area contributed by atoms with Crippen LogP contribution in [0.3, 0.4) is 0 Å². The minimum atomic E-state index is 0.945. The second-order valence-electron chi connectivity index (χ2n) is 3.11. The molecule has 0 aliphatic heterocycles. The molecule has 0 atom stereocenters. The molecule has 78 valence electrons. The highest BCUT2D eigenvalue weighted by atomic mass is 14.2. The minimum Gasteiger partial charge on any atom is -0.193 e. The Bertz CT molecular complexity index is 456. The van der Waals surface area contributed by atoms with Gasteiger partial charge in [-0.3, -0.25) is 0 Å². The van der Waals surface area contributed by atoms with E-state index in [1.165, 1.54) is 6.08 Å². The van der Waals surface area contributed by atoms with E-state index < -0.39 is 0 Å². The van der Waals surface area contributed by atoms with Crippen LogP contribution in [0.25, 0.3) is 6.08 Å². The smallest absolute Gasteiger partial charge is 0.0912 e. The maximum absolute atomic E-state index is 8.45. The number of nitriles is 1. The largest absolute Gasteiger partial charge is 0.193 e. The van der Waals surface area contributed by atoms with E-state index in [2.05, 4.69) is 6.58 Å². The molecule has 0 heterocycles. The topological polar surface area (TPSA) is 23.8 Å². The standard InChI is InChI=1S/C15H13N/c1-2-7-14(10-6-13-16)11-12-15-8-4-3-5-9-15/h2-12H,1H2. The van der Waals surface area contributed by atoms with E-state index in [1.807, 2.05) is 54.6 Å². The summed E-state index contributed by atoms with van der Waals surface area (Å²) in [5, 5.41) is 8.45. The summed E-state index contributed by atoms with van der Waals surface area (Å²) in [4.78, 5) is 0. The lowest BCUT2D eigenvalue weighted by molar-refractivity contribution is 1.53. The van der Waals surface area contributed by atoms with Crippen molar-refractivity contribution in [2.75, 3.05) is 0 Å². The first-order valence-electron chi connectivity index (χ1n) is 4.99. The zero-order chi connectivity index (χ0) is 11.6. The Kier molecular flexibility index (Phi) is 5.16. The van der Waals surface area contributed by atoms with E-state index in [9.17, 15) is 0 Å². The van der Waals surface area contributed by atoms with Gasteiger partial charge in [-0.1, -0.05) is 61.2 Å². The molecular formula is C15H13N. The van der Waals surface area contributed by atoms with Gasteiger partial charge < -0.3 is 0 Å². The van der Waals surface area contributed by atoms with Crippen molar-refractivity contribution >= 4 is 6.08 Å². The van der Waals surface area contributed by atoms with Crippen LogP contribution in [-0.2, 0) is 0 Å². The van der Waals surface area contributed by atoms with Gasteiger partial charge in [0, 0.05) is 6.08 Å². The Balaban J connectivity index is 2.81. The van der Waals surface area contributed by atoms with Crippen molar-refractivity contribution in [3.63, 3.8) is 0 Å². The van der Waals surface area contributed by atoms with Crippen LogP contribution in [0.4, 0.5) is 0 Å². The van der Waals surface area contributed by atoms with E-state index >= 15 is 0 Å². The Morgan fingerprint density at radius 2 is 1.94 bits per heavy atom. The first-order valence-corrected chi connectivity index (χ1v) is 4.99. The molecule has 0 saturated carbocycles. The van der Waals surface area contributed by atoms with Gasteiger partial charge in [0.05, 0.1) is 6.07 Å². The molecule has 16 heavy (non-hydrogen) atoms. The predicted molar refractivity (Wildman–Crippen MR) is 68.5 cm³/mol. The number of nitrogens with zero attached hydrogens (tertiary/aromatic N) is 1. The van der Waals surface area contributed by atoms with Gasteiger partial charge >= 0.3 is 0 Å². The molecule has 0 aromatic heterocycles. The van der Waals surface area contributed by atoms with Crippen LogP contribution in [0.15, 0.2) is 72.9 Å². The van der Waals surface area contributed by atoms with Gasteiger partial charge in [-0.2, -0.15) is 5.26 Å². The van der Waals surface area contributed by atoms with Crippen LogP contribution in [0.2, 0.25) is 0 Å². The van der Waals surface area contributed by atoms with Crippen molar-refractivity contribution in [3.8, 4) is 6.07 Å². The van der Waals surface area contributed by atoms with E-state index in [0.717, 1.165) is 11.1 Å². The monoisotopic (exact) mass is 207 g/mol. The maximum atomic E-state index is 8.45. The Labute approximate surface area is 96.4 Å². The van der Waals surface area contributed by atoms with Crippen molar-refractivity contribution in [3.05, 3.63) is 78.4 Å². The fourth-order valence-corrected chi connectivity index (χ4v) is 1.19. The molecule has 1 rings (SSSR count). The Hall–Kier alpha value is -2.33. The molecule has 0 aliphatic rings. The molecule has 0 amide bonds. The van der Waals surface area contributed by atoms with Gasteiger partial charge in [0.1, 0.15) is 0 Å². The van der Waals surface area contributed by atoms with Gasteiger partial charge in [-0.05, 0) is 17.2 Å². The molecule has 0 aliphatic carbocycles. The van der Waals surface area contributed by atoms with Crippen molar-refractivity contribution < 1.29 is 0 Å². The number of rotatable bonds is 4. The lowest BCUT2D eigenvalue weighted by Gasteiger charge is -1.93. The minimum absolute atomic E-state index is 0.945. The van der Waals surface area contributed by atoms with Crippen molar-refractivity contribution in [1.82, 2.24) is 0 Å². The van der Waals surface area contributed by atoms with Crippen LogP contribution in [0.1, 0.15) is 5.56 Å². The van der Waals surface area contributed by atoms with Crippen LogP contribution in [0, 0.1) is 11.3 Å². The lowest BCUT2D eigenvalue weighted by atomic mass is 10.1. The molecule has 1 heteroatoms. The van der Waals surface area contributed by atoms with Crippen molar-refractivity contribution in [2.24, 2.45) is 0 Å². The zero-order valence-corrected chi connectivity index (χ0v) is 9.01. The molecular weight excluding hydrogens is 194 g/mol. The highest BCUT2D eigenvalue weighted by Crippen LogP contribution is 2.06. The summed E-state index contributed by atoms with van der Waals surface area (Å²) in [6.45, 7) is 3.64. The summed E-state index contributed by atoms with van der Waals surface area (Å²) in [6, 6.07) is 12.0. The predicted octanol–water partition coefficient (Wildman–Crippen LogP) is 3.89. The molecule has 1 aromatic carbocycles. The summed E-state index contributed by atoms with van der Waals surface area (Å²) in [5.41, 5.74) is 2.07. The quantitative estimate of drug-likeness (QED) is 0.542. The summed E-state index contributed by atoms with van der Waals surface area (Å²) in [6.07, 6.45) is 10.7. The van der Waals surface area contributed by atoms with E-state index in [-0.39, 0.29) is 0 Å². The van der Waals surface area contributed by atoms with Crippen LogP contribution < -0.4 is 0 Å². The molecule has 1 nitrogen and oxygen atoms in total. The fourth-order valence-electron chi connectivity index (χ4n) is 1.19. The second-order valence-corrected chi connectivity index (χ2v) is 3.11. The summed E-state index contributed by atoms with van der Waals surface area (Å²) in [7, 11) is 0. The van der Waals surface area contributed by atoms with Crippen LogP contribution in [-0.4, -0.2) is 0 Å². The first-order chi connectivity index (χ1) is 7.86. The van der Waals surface area contributed by atoms with Gasteiger partial charge in [0.2, 0.25) is 0 Å². The van der Waals surface area contributed by atoms with E-state index in [4.69, 9.17) is 5.26 Å². The summed E-state index contributed by atoms with van der Waals surface area (Å²) in [5.74, 6) is 0. The van der Waals surface area contributed by atoms with E-state index in [0.29, 0.717) is 0 Å². The van der Waals surface area contributed by atoms with Crippen molar-refractivity contribution in [1.29, 1.82) is 5.26 Å². The molecule has 0 spiro atoms. The molecule has 0 radical (unpaired) electrons. The molecule has 1 aromatic rings. The number of hydrogen-bond donors (Lipinski definition) is 0. The van der Waals surface area contributed by atoms with Gasteiger partial charge in [0.25, 0.3) is 0 Å². The van der Waals surface area contributed by atoms with Crippen LogP contribution in [0.5, 0.6) is 0 Å².